The van der Waals surface area contributed by atoms with Crippen LogP contribution in [-0.4, -0.2) is 81.8 Å². The zero-order valence-corrected chi connectivity index (χ0v) is 22.8. The van der Waals surface area contributed by atoms with Crippen LogP contribution in [0.25, 0.3) is 0 Å². The Morgan fingerprint density at radius 3 is 2.37 bits per heavy atom. The van der Waals surface area contributed by atoms with Gasteiger partial charge in [0.2, 0.25) is 11.8 Å². The number of fused-ring (bicyclic) bond motifs is 1. The Kier molecular flexibility index (Phi) is 9.32. The first kappa shape index (κ1) is 27.6. The van der Waals surface area contributed by atoms with Gasteiger partial charge in [-0.15, -0.1) is 6.42 Å². The number of hydrogen-bond acceptors (Lipinski definition) is 5. The van der Waals surface area contributed by atoms with Crippen LogP contribution < -0.4 is 5.32 Å². The molecule has 2 atom stereocenters. The van der Waals surface area contributed by atoms with Crippen LogP contribution in [0.4, 0.5) is 4.79 Å². The first-order chi connectivity index (χ1) is 18.4. The molecule has 200 valence electrons. The molecule has 38 heavy (non-hydrogen) atoms. The minimum absolute atomic E-state index is 0.0527. The van der Waals surface area contributed by atoms with Crippen molar-refractivity contribution in [1.82, 2.24) is 25.1 Å². The Morgan fingerprint density at radius 2 is 1.74 bits per heavy atom. The monoisotopic (exact) mass is 533 g/mol. The molecule has 2 aromatic rings. The van der Waals surface area contributed by atoms with Gasteiger partial charge >= 0.3 is 6.03 Å². The number of hydrazine groups is 1. The predicted octanol–water partition coefficient (Wildman–Crippen LogP) is 3.02. The van der Waals surface area contributed by atoms with Crippen LogP contribution in [0, 0.1) is 18.3 Å². The van der Waals surface area contributed by atoms with Gasteiger partial charge in [0.15, 0.2) is 0 Å². The summed E-state index contributed by atoms with van der Waals surface area (Å²) in [7, 11) is 0. The first-order valence-corrected chi connectivity index (χ1v) is 14.1. The predicted molar refractivity (Wildman–Crippen MR) is 149 cm³/mol. The lowest BCUT2D eigenvalue weighted by Crippen LogP contribution is -2.77. The van der Waals surface area contributed by atoms with E-state index in [1.807, 2.05) is 62.4 Å². The second kappa shape index (κ2) is 12.9. The number of carbonyl (C=O) groups is 3. The molecule has 0 radical (unpaired) electrons. The molecule has 9 heteroatoms. The lowest BCUT2D eigenvalue weighted by atomic mass is 9.96. The third-order valence-electron chi connectivity index (χ3n) is 6.78. The zero-order valence-electron chi connectivity index (χ0n) is 22.0. The summed E-state index contributed by atoms with van der Waals surface area (Å²) in [5.41, 5.74) is 2.20. The zero-order chi connectivity index (χ0) is 27.1. The molecule has 0 spiro atoms. The number of terminal acetylenes is 1. The largest absolute Gasteiger partial charge is 0.336 e. The van der Waals surface area contributed by atoms with Crippen molar-refractivity contribution in [2.75, 3.05) is 31.9 Å². The fourth-order valence-corrected chi connectivity index (χ4v) is 5.91. The molecule has 0 aliphatic carbocycles. The van der Waals surface area contributed by atoms with Gasteiger partial charge in [-0.2, -0.15) is 16.8 Å². The van der Waals surface area contributed by atoms with Gasteiger partial charge in [-0.1, -0.05) is 80.4 Å². The first-order valence-electron chi connectivity index (χ1n) is 12.9. The Labute approximate surface area is 229 Å². The van der Waals surface area contributed by atoms with Crippen molar-refractivity contribution in [1.29, 1.82) is 0 Å². The van der Waals surface area contributed by atoms with E-state index in [9.17, 15) is 14.4 Å². The SMILES string of the molecule is C#CCN1CC(=O)N2[C@@H](C(C)C)C(=O)N(CCSCc3ccccc3)C[C@@H]2N1C(=O)NCc1ccccc1. The van der Waals surface area contributed by atoms with Gasteiger partial charge in [-0.3, -0.25) is 9.59 Å². The van der Waals surface area contributed by atoms with E-state index in [1.165, 1.54) is 5.56 Å². The van der Waals surface area contributed by atoms with Gasteiger partial charge in [-0.05, 0) is 17.0 Å². The van der Waals surface area contributed by atoms with Gasteiger partial charge in [0, 0.05) is 24.6 Å². The number of hydrogen-bond donors (Lipinski definition) is 1. The van der Waals surface area contributed by atoms with E-state index in [-0.39, 0.29) is 43.4 Å². The maximum absolute atomic E-state index is 13.6. The number of piperazine rings is 1. The highest BCUT2D eigenvalue weighted by Crippen LogP contribution is 2.30. The molecule has 0 bridgehead atoms. The number of carbonyl (C=O) groups excluding carboxylic acids is 3. The number of rotatable bonds is 9. The van der Waals surface area contributed by atoms with Crippen LogP contribution in [0.3, 0.4) is 0 Å². The van der Waals surface area contributed by atoms with Crippen LogP contribution in [0.1, 0.15) is 25.0 Å². The molecular formula is C29H35N5O3S. The molecule has 2 saturated heterocycles. The number of thioether (sulfide) groups is 1. The van der Waals surface area contributed by atoms with Crippen LogP contribution in [0.15, 0.2) is 60.7 Å². The topological polar surface area (TPSA) is 76.2 Å². The number of urea groups is 1. The summed E-state index contributed by atoms with van der Waals surface area (Å²) >= 11 is 1.76. The normalized spacial score (nSPS) is 19.9. The van der Waals surface area contributed by atoms with E-state index in [1.54, 1.807) is 31.6 Å². The van der Waals surface area contributed by atoms with Gasteiger partial charge in [0.05, 0.1) is 19.6 Å². The highest BCUT2D eigenvalue weighted by Gasteiger charge is 2.51. The molecule has 8 nitrogen and oxygen atoms in total. The highest BCUT2D eigenvalue weighted by molar-refractivity contribution is 7.98. The summed E-state index contributed by atoms with van der Waals surface area (Å²) in [6, 6.07) is 18.9. The van der Waals surface area contributed by atoms with E-state index < -0.39 is 12.2 Å². The number of nitrogens with one attached hydrogen (secondary N) is 1. The molecule has 1 N–H and O–H groups in total. The summed E-state index contributed by atoms with van der Waals surface area (Å²) in [6.45, 7) is 5.05. The van der Waals surface area contributed by atoms with Gasteiger partial charge in [0.25, 0.3) is 0 Å². The smallest absolute Gasteiger partial charge is 0.334 e. The van der Waals surface area contributed by atoms with Crippen LogP contribution in [0.2, 0.25) is 0 Å². The average molecular weight is 534 g/mol. The van der Waals surface area contributed by atoms with Gasteiger partial charge in [0.1, 0.15) is 12.2 Å². The number of nitrogens with zero attached hydrogens (tertiary/aromatic N) is 4. The molecule has 0 saturated carbocycles. The maximum Gasteiger partial charge on any atom is 0.334 e. The summed E-state index contributed by atoms with van der Waals surface area (Å²) in [5.74, 6) is 3.81. The van der Waals surface area contributed by atoms with E-state index in [4.69, 9.17) is 6.42 Å². The molecule has 0 aromatic heterocycles. The van der Waals surface area contributed by atoms with Crippen LogP contribution >= 0.6 is 11.8 Å². The molecule has 4 amide bonds. The van der Waals surface area contributed by atoms with E-state index in [2.05, 4.69) is 23.4 Å². The van der Waals surface area contributed by atoms with Crippen molar-refractivity contribution in [3.8, 4) is 12.3 Å². The van der Waals surface area contributed by atoms with Crippen molar-refractivity contribution < 1.29 is 14.4 Å². The van der Waals surface area contributed by atoms with Crippen LogP contribution in [-0.2, 0) is 21.9 Å². The second-order valence-corrected chi connectivity index (χ2v) is 10.9. The third kappa shape index (κ3) is 6.32. The lowest BCUT2D eigenvalue weighted by molar-refractivity contribution is -0.191. The molecule has 2 aliphatic rings. The second-order valence-electron chi connectivity index (χ2n) is 9.81. The molecular weight excluding hydrogens is 498 g/mol. The summed E-state index contributed by atoms with van der Waals surface area (Å²) < 4.78 is 0. The molecule has 4 rings (SSSR count). The highest BCUT2D eigenvalue weighted by atomic mass is 32.2. The lowest BCUT2D eigenvalue weighted by Gasteiger charge is -2.55. The number of benzene rings is 2. The van der Waals surface area contributed by atoms with E-state index >= 15 is 0 Å². The minimum Gasteiger partial charge on any atom is -0.336 e. The summed E-state index contributed by atoms with van der Waals surface area (Å²) in [5, 5.41) is 6.14. The van der Waals surface area contributed by atoms with Crippen molar-refractivity contribution in [2.45, 2.75) is 38.4 Å². The molecule has 0 unspecified atom stereocenters. The summed E-state index contributed by atoms with van der Waals surface area (Å²) in [6.07, 6.45) is 4.98. The fourth-order valence-electron chi connectivity index (χ4n) is 4.99. The Balaban J connectivity index is 1.52. The van der Waals surface area contributed by atoms with Crippen molar-refractivity contribution in [3.05, 3.63) is 71.8 Å². The van der Waals surface area contributed by atoms with Crippen LogP contribution in [0.5, 0.6) is 0 Å². The quantitative estimate of drug-likeness (QED) is 0.396. The Morgan fingerprint density at radius 1 is 1.08 bits per heavy atom. The molecule has 2 fully saturated rings. The molecule has 2 aliphatic heterocycles. The Bertz CT molecular complexity index is 1150. The fraction of sp³-hybridized carbons (Fsp3) is 0.414. The third-order valence-corrected chi connectivity index (χ3v) is 7.79. The van der Waals surface area contributed by atoms with Crippen molar-refractivity contribution in [3.63, 3.8) is 0 Å². The van der Waals surface area contributed by atoms with Gasteiger partial charge in [-0.25, -0.2) is 9.80 Å². The Hall–Kier alpha value is -3.48. The number of amides is 4. The van der Waals surface area contributed by atoms with Crippen molar-refractivity contribution >= 4 is 29.6 Å². The van der Waals surface area contributed by atoms with Gasteiger partial charge < -0.3 is 15.1 Å². The molecule has 2 aromatic carbocycles. The van der Waals surface area contributed by atoms with E-state index in [0.717, 1.165) is 17.1 Å². The van der Waals surface area contributed by atoms with E-state index in [0.29, 0.717) is 13.1 Å². The van der Waals surface area contributed by atoms with Crippen molar-refractivity contribution in [2.24, 2.45) is 5.92 Å². The molecule has 2 heterocycles. The standard InChI is InChI=1S/C29H35N5O3S/c1-4-15-32-20-26(35)33-25(34(32)29(37)30-18-23-11-7-5-8-12-23)19-31(28(36)27(33)22(2)3)16-17-38-21-24-13-9-6-10-14-24/h1,5-14,22,25,27H,15-21H2,2-3H3,(H,30,37)/t25-,27-/m0/s1. The maximum atomic E-state index is 13.6. The minimum atomic E-state index is -0.641. The summed E-state index contributed by atoms with van der Waals surface area (Å²) in [4.78, 5) is 43.9. The average Bonchev–Trinajstić information content (AvgIpc) is 2.91.